The van der Waals surface area contributed by atoms with Gasteiger partial charge < -0.3 is 15.2 Å². The van der Waals surface area contributed by atoms with E-state index < -0.39 is 5.60 Å². The number of carbonyl (C=O) groups excluding carboxylic acids is 1. The number of ether oxygens (including phenoxy) is 1. The van der Waals surface area contributed by atoms with E-state index in [1.165, 1.54) is 5.56 Å². The Morgan fingerprint density at radius 3 is 2.57 bits per heavy atom. The van der Waals surface area contributed by atoms with Crippen molar-refractivity contribution < 1.29 is 14.6 Å². The van der Waals surface area contributed by atoms with E-state index in [1.807, 2.05) is 36.4 Å². The molecule has 1 aliphatic carbocycles. The molecule has 2 aromatic carbocycles. The molecule has 1 atom stereocenters. The van der Waals surface area contributed by atoms with Crippen LogP contribution in [0, 0.1) is 0 Å². The SMILES string of the molecule is O=C(COc1ccccc1)NCC1(O)CCc2ccccc2C1. The van der Waals surface area contributed by atoms with E-state index in [0.29, 0.717) is 18.6 Å². The third-order valence-electron chi connectivity index (χ3n) is 4.23. The van der Waals surface area contributed by atoms with Crippen LogP contribution in [0.3, 0.4) is 0 Å². The fourth-order valence-electron chi connectivity index (χ4n) is 2.91. The minimum atomic E-state index is -0.878. The summed E-state index contributed by atoms with van der Waals surface area (Å²) in [6, 6.07) is 17.4. The number of nitrogens with one attached hydrogen (secondary N) is 1. The smallest absolute Gasteiger partial charge is 0.258 e. The van der Waals surface area contributed by atoms with E-state index in [4.69, 9.17) is 4.74 Å². The van der Waals surface area contributed by atoms with E-state index in [0.717, 1.165) is 12.0 Å². The monoisotopic (exact) mass is 311 g/mol. The van der Waals surface area contributed by atoms with E-state index in [1.54, 1.807) is 12.1 Å². The second-order valence-corrected chi connectivity index (χ2v) is 6.05. The minimum absolute atomic E-state index is 0.0450. The zero-order valence-corrected chi connectivity index (χ0v) is 13.0. The van der Waals surface area contributed by atoms with Crippen LogP contribution in [0.2, 0.25) is 0 Å². The van der Waals surface area contributed by atoms with Crippen molar-refractivity contribution in [3.05, 3.63) is 65.7 Å². The van der Waals surface area contributed by atoms with E-state index in [9.17, 15) is 9.90 Å². The van der Waals surface area contributed by atoms with Gasteiger partial charge in [-0.15, -0.1) is 0 Å². The topological polar surface area (TPSA) is 58.6 Å². The Morgan fingerprint density at radius 1 is 1.09 bits per heavy atom. The summed E-state index contributed by atoms with van der Waals surface area (Å²) in [5, 5.41) is 13.5. The summed E-state index contributed by atoms with van der Waals surface area (Å²) >= 11 is 0. The van der Waals surface area contributed by atoms with Crippen molar-refractivity contribution >= 4 is 5.91 Å². The van der Waals surface area contributed by atoms with Crippen LogP contribution >= 0.6 is 0 Å². The Bertz CT molecular complexity index is 671. The number of hydrogen-bond donors (Lipinski definition) is 2. The van der Waals surface area contributed by atoms with Crippen LogP contribution < -0.4 is 10.1 Å². The molecule has 2 aromatic rings. The maximum Gasteiger partial charge on any atom is 0.258 e. The molecule has 0 saturated carbocycles. The lowest BCUT2D eigenvalue weighted by atomic mass is 9.80. The van der Waals surface area contributed by atoms with Crippen LogP contribution in [-0.2, 0) is 17.6 Å². The van der Waals surface area contributed by atoms with Crippen LogP contribution in [0.4, 0.5) is 0 Å². The Labute approximate surface area is 136 Å². The van der Waals surface area contributed by atoms with Crippen LogP contribution in [0.25, 0.3) is 0 Å². The van der Waals surface area contributed by atoms with Gasteiger partial charge >= 0.3 is 0 Å². The quantitative estimate of drug-likeness (QED) is 0.889. The number of hydrogen-bond acceptors (Lipinski definition) is 3. The van der Waals surface area contributed by atoms with Crippen molar-refractivity contribution in [1.29, 1.82) is 0 Å². The fourth-order valence-corrected chi connectivity index (χ4v) is 2.91. The predicted molar refractivity (Wildman–Crippen MR) is 88.4 cm³/mol. The standard InChI is InChI=1S/C19H21NO3/c21-18(13-23-17-8-2-1-3-9-17)20-14-19(22)11-10-15-6-4-5-7-16(15)12-19/h1-9,22H,10-14H2,(H,20,21). The zero-order valence-electron chi connectivity index (χ0n) is 13.0. The van der Waals surface area contributed by atoms with Crippen LogP contribution in [-0.4, -0.2) is 29.8 Å². The highest BCUT2D eigenvalue weighted by Gasteiger charge is 2.32. The third kappa shape index (κ3) is 4.11. The molecule has 4 nitrogen and oxygen atoms in total. The summed E-state index contributed by atoms with van der Waals surface area (Å²) in [5.74, 6) is 0.439. The highest BCUT2D eigenvalue weighted by atomic mass is 16.5. The van der Waals surface area contributed by atoms with E-state index in [2.05, 4.69) is 11.4 Å². The van der Waals surface area contributed by atoms with Gasteiger partial charge in [-0.2, -0.15) is 0 Å². The van der Waals surface area contributed by atoms with Crippen molar-refractivity contribution in [3.8, 4) is 5.75 Å². The maximum atomic E-state index is 11.9. The lowest BCUT2D eigenvalue weighted by molar-refractivity contribution is -0.124. The summed E-state index contributed by atoms with van der Waals surface area (Å²) in [5.41, 5.74) is 1.57. The van der Waals surface area contributed by atoms with Gasteiger partial charge in [0, 0.05) is 13.0 Å². The average molecular weight is 311 g/mol. The first kappa shape index (κ1) is 15.6. The Balaban J connectivity index is 1.49. The first-order valence-corrected chi connectivity index (χ1v) is 7.88. The highest BCUT2D eigenvalue weighted by molar-refractivity contribution is 5.77. The zero-order chi connectivity index (χ0) is 16.1. The molecule has 0 aliphatic heterocycles. The summed E-state index contributed by atoms with van der Waals surface area (Å²) in [6.45, 7) is 0.203. The molecular weight excluding hydrogens is 290 g/mol. The first-order valence-electron chi connectivity index (χ1n) is 7.88. The van der Waals surface area contributed by atoms with Gasteiger partial charge in [-0.3, -0.25) is 4.79 Å². The molecule has 2 N–H and O–H groups in total. The molecule has 4 heteroatoms. The van der Waals surface area contributed by atoms with Crippen molar-refractivity contribution in [2.45, 2.75) is 24.9 Å². The van der Waals surface area contributed by atoms with Gasteiger partial charge in [0.1, 0.15) is 5.75 Å². The third-order valence-corrected chi connectivity index (χ3v) is 4.23. The number of aryl methyl sites for hydroxylation is 1. The number of carbonyl (C=O) groups is 1. The first-order chi connectivity index (χ1) is 11.1. The molecular formula is C19H21NO3. The van der Waals surface area contributed by atoms with E-state index >= 15 is 0 Å². The number of amides is 1. The van der Waals surface area contributed by atoms with Crippen LogP contribution in [0.15, 0.2) is 54.6 Å². The molecule has 23 heavy (non-hydrogen) atoms. The van der Waals surface area contributed by atoms with Crippen LogP contribution in [0.5, 0.6) is 5.75 Å². The predicted octanol–water partition coefficient (Wildman–Crippen LogP) is 2.10. The van der Waals surface area contributed by atoms with Gasteiger partial charge in [-0.25, -0.2) is 0 Å². The van der Waals surface area contributed by atoms with Gasteiger partial charge in [0.2, 0.25) is 0 Å². The van der Waals surface area contributed by atoms with Gasteiger partial charge in [-0.1, -0.05) is 42.5 Å². The maximum absolute atomic E-state index is 11.9. The highest BCUT2D eigenvalue weighted by Crippen LogP contribution is 2.28. The molecule has 0 fully saturated rings. The second-order valence-electron chi connectivity index (χ2n) is 6.05. The van der Waals surface area contributed by atoms with Crippen molar-refractivity contribution in [1.82, 2.24) is 5.32 Å². The molecule has 0 radical (unpaired) electrons. The molecule has 3 rings (SSSR count). The van der Waals surface area contributed by atoms with Gasteiger partial charge in [0.05, 0.1) is 5.60 Å². The summed E-state index contributed by atoms with van der Waals surface area (Å²) in [4.78, 5) is 11.9. The van der Waals surface area contributed by atoms with Gasteiger partial charge in [0.25, 0.3) is 5.91 Å². The van der Waals surface area contributed by atoms with Crippen molar-refractivity contribution in [3.63, 3.8) is 0 Å². The normalized spacial score (nSPS) is 19.7. The lowest BCUT2D eigenvalue weighted by Gasteiger charge is -2.33. The lowest BCUT2D eigenvalue weighted by Crippen LogP contribution is -2.47. The summed E-state index contributed by atoms with van der Waals surface area (Å²) in [6.07, 6.45) is 2.07. The molecule has 120 valence electrons. The summed E-state index contributed by atoms with van der Waals surface area (Å²) in [7, 11) is 0. The number of benzene rings is 2. The number of fused-ring (bicyclic) bond motifs is 1. The molecule has 1 unspecified atom stereocenters. The number of aliphatic hydroxyl groups is 1. The van der Waals surface area contributed by atoms with E-state index in [-0.39, 0.29) is 19.1 Å². The minimum Gasteiger partial charge on any atom is -0.484 e. The number of rotatable bonds is 5. The Hall–Kier alpha value is -2.33. The fraction of sp³-hybridized carbons (Fsp3) is 0.316. The molecule has 0 spiro atoms. The van der Waals surface area contributed by atoms with Crippen molar-refractivity contribution in [2.75, 3.05) is 13.2 Å². The molecule has 0 aromatic heterocycles. The van der Waals surface area contributed by atoms with Gasteiger partial charge in [0.15, 0.2) is 6.61 Å². The second kappa shape index (κ2) is 6.84. The molecule has 0 bridgehead atoms. The Kier molecular flexibility index (Phi) is 4.63. The molecule has 1 amide bonds. The number of para-hydroxylation sites is 1. The summed E-state index contributed by atoms with van der Waals surface area (Å²) < 4.78 is 5.40. The average Bonchev–Trinajstić information content (AvgIpc) is 2.59. The van der Waals surface area contributed by atoms with Crippen molar-refractivity contribution in [2.24, 2.45) is 0 Å². The molecule has 1 aliphatic rings. The molecule has 0 heterocycles. The van der Waals surface area contributed by atoms with Gasteiger partial charge in [-0.05, 0) is 36.1 Å². The Morgan fingerprint density at radius 2 is 1.78 bits per heavy atom. The molecule has 0 saturated heterocycles. The largest absolute Gasteiger partial charge is 0.484 e. The van der Waals surface area contributed by atoms with Crippen LogP contribution in [0.1, 0.15) is 17.5 Å².